The number of benzene rings is 1. The van der Waals surface area contributed by atoms with Crippen LogP contribution in [0.2, 0.25) is 0 Å². The molecule has 0 aromatic heterocycles. The zero-order chi connectivity index (χ0) is 14.8. The summed E-state index contributed by atoms with van der Waals surface area (Å²) in [7, 11) is 0. The lowest BCUT2D eigenvalue weighted by Crippen LogP contribution is -2.40. The lowest BCUT2D eigenvalue weighted by molar-refractivity contribution is -0.119. The number of hydrogen-bond donors (Lipinski definition) is 2. The van der Waals surface area contributed by atoms with E-state index in [1.165, 1.54) is 12.0 Å². The molecule has 1 aliphatic rings. The van der Waals surface area contributed by atoms with Gasteiger partial charge in [-0.25, -0.2) is 0 Å². The van der Waals surface area contributed by atoms with Gasteiger partial charge in [0.05, 0.1) is 0 Å². The number of hydrogen-bond acceptors (Lipinski definition) is 2. The SMILES string of the molecule is Cc1cccc(C(C)C)c1NC(=O)CC1(CN)CCC1. The van der Waals surface area contributed by atoms with E-state index in [4.69, 9.17) is 5.73 Å². The van der Waals surface area contributed by atoms with Crippen molar-refractivity contribution in [2.75, 3.05) is 11.9 Å². The molecule has 1 aromatic carbocycles. The van der Waals surface area contributed by atoms with Crippen LogP contribution >= 0.6 is 0 Å². The van der Waals surface area contributed by atoms with Crippen LogP contribution in [-0.2, 0) is 4.79 Å². The van der Waals surface area contributed by atoms with Crippen LogP contribution in [0.15, 0.2) is 18.2 Å². The Morgan fingerprint density at radius 2 is 2.10 bits per heavy atom. The maximum Gasteiger partial charge on any atom is 0.224 e. The van der Waals surface area contributed by atoms with E-state index < -0.39 is 0 Å². The van der Waals surface area contributed by atoms with Gasteiger partial charge in [-0.3, -0.25) is 4.79 Å². The van der Waals surface area contributed by atoms with Crippen LogP contribution in [0.1, 0.15) is 56.6 Å². The van der Waals surface area contributed by atoms with Crippen LogP contribution < -0.4 is 11.1 Å². The number of nitrogens with one attached hydrogen (secondary N) is 1. The highest BCUT2D eigenvalue weighted by Crippen LogP contribution is 2.43. The minimum Gasteiger partial charge on any atom is -0.330 e. The fraction of sp³-hybridized carbons (Fsp3) is 0.588. The highest BCUT2D eigenvalue weighted by atomic mass is 16.1. The molecule has 0 atom stereocenters. The molecule has 0 spiro atoms. The topological polar surface area (TPSA) is 55.1 Å². The summed E-state index contributed by atoms with van der Waals surface area (Å²) < 4.78 is 0. The van der Waals surface area contributed by atoms with Crippen molar-refractivity contribution in [2.45, 2.75) is 52.4 Å². The fourth-order valence-electron chi connectivity index (χ4n) is 3.00. The zero-order valence-corrected chi connectivity index (χ0v) is 12.8. The van der Waals surface area contributed by atoms with Gasteiger partial charge in [0.2, 0.25) is 5.91 Å². The Labute approximate surface area is 121 Å². The van der Waals surface area contributed by atoms with Crippen LogP contribution in [0.25, 0.3) is 0 Å². The van der Waals surface area contributed by atoms with Gasteiger partial charge in [0.1, 0.15) is 0 Å². The number of amides is 1. The van der Waals surface area contributed by atoms with E-state index in [0.717, 1.165) is 24.1 Å². The van der Waals surface area contributed by atoms with Crippen molar-refractivity contribution in [1.82, 2.24) is 0 Å². The van der Waals surface area contributed by atoms with Crippen molar-refractivity contribution >= 4 is 11.6 Å². The molecule has 0 heterocycles. The normalized spacial score (nSPS) is 16.9. The van der Waals surface area contributed by atoms with E-state index in [9.17, 15) is 4.79 Å². The average Bonchev–Trinajstić information content (AvgIpc) is 2.36. The van der Waals surface area contributed by atoms with Gasteiger partial charge in [0.25, 0.3) is 0 Å². The highest BCUT2D eigenvalue weighted by molar-refractivity contribution is 5.93. The highest BCUT2D eigenvalue weighted by Gasteiger charge is 2.37. The Bertz CT molecular complexity index is 484. The molecule has 0 unspecified atom stereocenters. The third kappa shape index (κ3) is 3.04. The number of para-hydroxylation sites is 1. The maximum atomic E-state index is 12.3. The lowest BCUT2D eigenvalue weighted by Gasteiger charge is -2.40. The van der Waals surface area contributed by atoms with E-state index in [1.807, 2.05) is 19.1 Å². The molecule has 1 aromatic rings. The molecule has 3 N–H and O–H groups in total. The van der Waals surface area contributed by atoms with Crippen LogP contribution in [0.3, 0.4) is 0 Å². The largest absolute Gasteiger partial charge is 0.330 e. The molecular weight excluding hydrogens is 248 g/mol. The van der Waals surface area contributed by atoms with E-state index in [1.54, 1.807) is 0 Å². The van der Waals surface area contributed by atoms with E-state index in [2.05, 4.69) is 25.2 Å². The fourth-order valence-corrected chi connectivity index (χ4v) is 3.00. The summed E-state index contributed by atoms with van der Waals surface area (Å²) in [5, 5.41) is 3.12. The first-order chi connectivity index (χ1) is 9.47. The first kappa shape index (κ1) is 15.0. The number of carbonyl (C=O) groups excluding carboxylic acids is 1. The molecule has 0 radical (unpaired) electrons. The van der Waals surface area contributed by atoms with Gasteiger partial charge in [-0.15, -0.1) is 0 Å². The van der Waals surface area contributed by atoms with Gasteiger partial charge in [-0.1, -0.05) is 38.5 Å². The second-order valence-electron chi connectivity index (χ2n) is 6.48. The summed E-state index contributed by atoms with van der Waals surface area (Å²) in [6, 6.07) is 6.19. The Morgan fingerprint density at radius 1 is 1.40 bits per heavy atom. The van der Waals surface area contributed by atoms with Crippen LogP contribution in [-0.4, -0.2) is 12.5 Å². The average molecular weight is 274 g/mol. The molecule has 1 saturated carbocycles. The maximum absolute atomic E-state index is 12.3. The molecule has 3 nitrogen and oxygen atoms in total. The molecule has 0 bridgehead atoms. The van der Waals surface area contributed by atoms with E-state index in [-0.39, 0.29) is 11.3 Å². The predicted octanol–water partition coefficient (Wildman–Crippen LogP) is 3.58. The molecule has 0 saturated heterocycles. The van der Waals surface area contributed by atoms with Crippen molar-refractivity contribution < 1.29 is 4.79 Å². The van der Waals surface area contributed by atoms with Gasteiger partial charge < -0.3 is 11.1 Å². The van der Waals surface area contributed by atoms with Crippen molar-refractivity contribution in [1.29, 1.82) is 0 Å². The van der Waals surface area contributed by atoms with Crippen LogP contribution in [0, 0.1) is 12.3 Å². The standard InChI is InChI=1S/C17H26N2O/c1-12(2)14-7-4-6-13(3)16(14)19-15(20)10-17(11-18)8-5-9-17/h4,6-7,12H,5,8-11,18H2,1-3H3,(H,19,20). The quantitative estimate of drug-likeness (QED) is 0.862. The lowest BCUT2D eigenvalue weighted by atomic mass is 9.66. The summed E-state index contributed by atoms with van der Waals surface area (Å²) in [5.41, 5.74) is 9.21. The molecule has 1 amide bonds. The summed E-state index contributed by atoms with van der Waals surface area (Å²) >= 11 is 0. The Morgan fingerprint density at radius 3 is 2.60 bits per heavy atom. The van der Waals surface area contributed by atoms with E-state index >= 15 is 0 Å². The minimum absolute atomic E-state index is 0.0603. The molecule has 2 rings (SSSR count). The molecule has 110 valence electrons. The third-order valence-corrected chi connectivity index (χ3v) is 4.57. The van der Waals surface area contributed by atoms with Gasteiger partial charge >= 0.3 is 0 Å². The zero-order valence-electron chi connectivity index (χ0n) is 12.8. The van der Waals surface area contributed by atoms with E-state index in [0.29, 0.717) is 18.9 Å². The molecule has 20 heavy (non-hydrogen) atoms. The Hall–Kier alpha value is -1.35. The van der Waals surface area contributed by atoms with Crippen LogP contribution in [0.4, 0.5) is 5.69 Å². The smallest absolute Gasteiger partial charge is 0.224 e. The van der Waals surface area contributed by atoms with Gasteiger partial charge in [-0.2, -0.15) is 0 Å². The van der Waals surface area contributed by atoms with Crippen LogP contribution in [0.5, 0.6) is 0 Å². The van der Waals surface area contributed by atoms with Gasteiger partial charge in [0, 0.05) is 12.1 Å². The molecule has 1 aliphatic carbocycles. The number of aryl methyl sites for hydroxylation is 1. The third-order valence-electron chi connectivity index (χ3n) is 4.57. The van der Waals surface area contributed by atoms with Crippen molar-refractivity contribution in [2.24, 2.45) is 11.1 Å². The summed E-state index contributed by atoms with van der Waals surface area (Å²) in [5.74, 6) is 0.503. The first-order valence-electron chi connectivity index (χ1n) is 7.57. The predicted molar refractivity (Wildman–Crippen MR) is 83.9 cm³/mol. The second kappa shape index (κ2) is 5.96. The minimum atomic E-state index is 0.0603. The Balaban J connectivity index is 2.11. The molecule has 0 aliphatic heterocycles. The van der Waals surface area contributed by atoms with Crippen molar-refractivity contribution in [3.63, 3.8) is 0 Å². The number of carbonyl (C=O) groups is 1. The second-order valence-corrected chi connectivity index (χ2v) is 6.48. The van der Waals surface area contributed by atoms with Gasteiger partial charge in [0.15, 0.2) is 0 Å². The molecule has 3 heteroatoms. The number of anilines is 1. The first-order valence-corrected chi connectivity index (χ1v) is 7.57. The van der Waals surface area contributed by atoms with Gasteiger partial charge in [-0.05, 0) is 48.8 Å². The van der Waals surface area contributed by atoms with Crippen molar-refractivity contribution in [3.05, 3.63) is 29.3 Å². The summed E-state index contributed by atoms with van der Waals surface area (Å²) in [6.07, 6.45) is 3.92. The number of nitrogens with two attached hydrogens (primary N) is 1. The Kier molecular flexibility index (Phi) is 4.48. The number of rotatable bonds is 5. The monoisotopic (exact) mass is 274 g/mol. The summed E-state index contributed by atoms with van der Waals surface area (Å²) in [4.78, 5) is 12.3. The molecule has 1 fully saturated rings. The molecular formula is C17H26N2O. The summed E-state index contributed by atoms with van der Waals surface area (Å²) in [6.45, 7) is 6.96. The van der Waals surface area contributed by atoms with Crippen molar-refractivity contribution in [3.8, 4) is 0 Å².